The van der Waals surface area contributed by atoms with Gasteiger partial charge < -0.3 is 5.32 Å². The van der Waals surface area contributed by atoms with E-state index in [4.69, 9.17) is 6.42 Å². The van der Waals surface area contributed by atoms with Gasteiger partial charge in [0.05, 0.1) is 12.7 Å². The molecule has 14 heavy (non-hydrogen) atoms. The van der Waals surface area contributed by atoms with Gasteiger partial charge in [0.1, 0.15) is 0 Å². The van der Waals surface area contributed by atoms with Crippen molar-refractivity contribution < 1.29 is 4.79 Å². The maximum atomic E-state index is 11.1. The number of amides is 1. The van der Waals surface area contributed by atoms with Crippen LogP contribution < -0.4 is 5.32 Å². The van der Waals surface area contributed by atoms with Crippen LogP contribution in [0.2, 0.25) is 0 Å². The predicted octanol–water partition coefficient (Wildman–Crippen LogP) is 0.102. The highest BCUT2D eigenvalue weighted by Crippen LogP contribution is 2.00. The molecule has 1 heterocycles. The normalized spacial score (nSPS) is 9.43. The number of carbonyl (C=O) groups is 1. The van der Waals surface area contributed by atoms with Gasteiger partial charge in [-0.25, -0.2) is 0 Å². The standard InChI is InChI=1S/C10H13N3O/c1-3-6-11-10(14)5-4-9-7-12-13(2)8-9/h1,7-8H,4-6H2,2H3,(H,11,14). The Morgan fingerprint density at radius 2 is 2.57 bits per heavy atom. The van der Waals surface area contributed by atoms with Crippen molar-refractivity contribution >= 4 is 5.91 Å². The van der Waals surface area contributed by atoms with Crippen molar-refractivity contribution in [3.05, 3.63) is 18.0 Å². The van der Waals surface area contributed by atoms with Crippen molar-refractivity contribution in [2.45, 2.75) is 12.8 Å². The first-order valence-corrected chi connectivity index (χ1v) is 4.40. The van der Waals surface area contributed by atoms with Gasteiger partial charge in [-0.15, -0.1) is 6.42 Å². The van der Waals surface area contributed by atoms with Gasteiger partial charge in [-0.1, -0.05) is 5.92 Å². The van der Waals surface area contributed by atoms with Crippen molar-refractivity contribution in [1.29, 1.82) is 0 Å². The molecule has 0 fully saturated rings. The molecule has 0 unspecified atom stereocenters. The third-order valence-corrected chi connectivity index (χ3v) is 1.79. The summed E-state index contributed by atoms with van der Waals surface area (Å²) >= 11 is 0. The second-order valence-corrected chi connectivity index (χ2v) is 3.00. The average molecular weight is 191 g/mol. The number of hydrogen-bond acceptors (Lipinski definition) is 2. The summed E-state index contributed by atoms with van der Waals surface area (Å²) < 4.78 is 1.72. The molecule has 0 radical (unpaired) electrons. The van der Waals surface area contributed by atoms with Crippen molar-refractivity contribution in [2.75, 3.05) is 6.54 Å². The quantitative estimate of drug-likeness (QED) is 0.686. The molecule has 0 saturated carbocycles. The van der Waals surface area contributed by atoms with Gasteiger partial charge in [-0.2, -0.15) is 5.10 Å². The lowest BCUT2D eigenvalue weighted by molar-refractivity contribution is -0.120. The Kier molecular flexibility index (Phi) is 3.74. The second kappa shape index (κ2) is 5.07. The highest BCUT2D eigenvalue weighted by molar-refractivity contribution is 5.76. The largest absolute Gasteiger partial charge is 0.345 e. The lowest BCUT2D eigenvalue weighted by atomic mass is 10.2. The number of rotatable bonds is 4. The minimum atomic E-state index is -0.0215. The minimum Gasteiger partial charge on any atom is -0.345 e. The summed E-state index contributed by atoms with van der Waals surface area (Å²) in [6.45, 7) is 0.297. The molecule has 1 aromatic heterocycles. The molecule has 0 aliphatic carbocycles. The summed E-state index contributed by atoms with van der Waals surface area (Å²) in [5.74, 6) is 2.33. The van der Waals surface area contributed by atoms with Gasteiger partial charge in [-0.05, 0) is 12.0 Å². The van der Waals surface area contributed by atoms with E-state index in [1.807, 2.05) is 13.2 Å². The zero-order chi connectivity index (χ0) is 10.4. The summed E-state index contributed by atoms with van der Waals surface area (Å²) in [5, 5.41) is 6.62. The second-order valence-electron chi connectivity index (χ2n) is 3.00. The highest BCUT2D eigenvalue weighted by atomic mass is 16.1. The first-order chi connectivity index (χ1) is 6.72. The van der Waals surface area contributed by atoms with Gasteiger partial charge in [0, 0.05) is 19.7 Å². The van der Waals surface area contributed by atoms with E-state index < -0.39 is 0 Å². The van der Waals surface area contributed by atoms with Gasteiger partial charge in [0.2, 0.25) is 5.91 Å². The van der Waals surface area contributed by atoms with Crippen LogP contribution >= 0.6 is 0 Å². The average Bonchev–Trinajstić information content (AvgIpc) is 2.58. The number of aryl methyl sites for hydroxylation is 2. The van der Waals surface area contributed by atoms with E-state index in [0.717, 1.165) is 5.56 Å². The van der Waals surface area contributed by atoms with Crippen molar-refractivity contribution in [3.63, 3.8) is 0 Å². The van der Waals surface area contributed by atoms with E-state index in [9.17, 15) is 4.79 Å². The van der Waals surface area contributed by atoms with Crippen LogP contribution in [0, 0.1) is 12.3 Å². The monoisotopic (exact) mass is 191 g/mol. The topological polar surface area (TPSA) is 46.9 Å². The molecule has 74 valence electrons. The first kappa shape index (κ1) is 10.3. The van der Waals surface area contributed by atoms with Gasteiger partial charge in [0.15, 0.2) is 0 Å². The van der Waals surface area contributed by atoms with Crippen molar-refractivity contribution in [2.24, 2.45) is 7.05 Å². The van der Waals surface area contributed by atoms with Crippen LogP contribution in [0.25, 0.3) is 0 Å². The molecule has 0 aliphatic rings. The fourth-order valence-corrected chi connectivity index (χ4v) is 1.10. The van der Waals surface area contributed by atoms with Crippen LogP contribution in [0.3, 0.4) is 0 Å². The Labute approximate surface area is 83.3 Å². The fraction of sp³-hybridized carbons (Fsp3) is 0.400. The minimum absolute atomic E-state index is 0.0215. The van der Waals surface area contributed by atoms with Crippen LogP contribution in [0.15, 0.2) is 12.4 Å². The zero-order valence-electron chi connectivity index (χ0n) is 8.16. The predicted molar refractivity (Wildman–Crippen MR) is 53.4 cm³/mol. The summed E-state index contributed by atoms with van der Waals surface area (Å²) in [4.78, 5) is 11.1. The summed E-state index contributed by atoms with van der Waals surface area (Å²) in [5.41, 5.74) is 1.06. The van der Waals surface area contributed by atoms with Gasteiger partial charge in [0.25, 0.3) is 0 Å². The highest BCUT2D eigenvalue weighted by Gasteiger charge is 2.01. The fourth-order valence-electron chi connectivity index (χ4n) is 1.10. The number of nitrogens with zero attached hydrogens (tertiary/aromatic N) is 2. The molecule has 0 atom stereocenters. The zero-order valence-corrected chi connectivity index (χ0v) is 8.16. The van der Waals surface area contributed by atoms with E-state index in [1.165, 1.54) is 0 Å². The maximum absolute atomic E-state index is 11.1. The van der Waals surface area contributed by atoms with Gasteiger partial charge in [-0.3, -0.25) is 9.48 Å². The third kappa shape index (κ3) is 3.31. The molecule has 1 aromatic rings. The number of carbonyl (C=O) groups excluding carboxylic acids is 1. The molecule has 1 amide bonds. The SMILES string of the molecule is C#CCNC(=O)CCc1cnn(C)c1. The van der Waals surface area contributed by atoms with Crippen LogP contribution in [-0.2, 0) is 18.3 Å². The summed E-state index contributed by atoms with van der Waals surface area (Å²) in [6.07, 6.45) is 9.82. The Morgan fingerprint density at radius 3 is 3.14 bits per heavy atom. The van der Waals surface area contributed by atoms with Crippen LogP contribution in [-0.4, -0.2) is 22.2 Å². The van der Waals surface area contributed by atoms with Gasteiger partial charge >= 0.3 is 0 Å². The van der Waals surface area contributed by atoms with Crippen molar-refractivity contribution in [1.82, 2.24) is 15.1 Å². The van der Waals surface area contributed by atoms with E-state index in [-0.39, 0.29) is 5.91 Å². The Morgan fingerprint density at radius 1 is 1.79 bits per heavy atom. The Bertz CT molecular complexity index is 348. The first-order valence-electron chi connectivity index (χ1n) is 4.40. The molecule has 0 saturated heterocycles. The lowest BCUT2D eigenvalue weighted by Crippen LogP contribution is -2.23. The molecule has 1 N–H and O–H groups in total. The molecule has 0 aromatic carbocycles. The number of nitrogens with one attached hydrogen (secondary N) is 1. The molecule has 0 spiro atoms. The maximum Gasteiger partial charge on any atom is 0.221 e. The summed E-state index contributed by atoms with van der Waals surface area (Å²) in [7, 11) is 1.85. The molecule has 0 bridgehead atoms. The number of terminal acetylenes is 1. The summed E-state index contributed by atoms with van der Waals surface area (Å²) in [6, 6.07) is 0. The van der Waals surface area contributed by atoms with E-state index in [1.54, 1.807) is 10.9 Å². The molecule has 4 heteroatoms. The number of aromatic nitrogens is 2. The molecule has 4 nitrogen and oxygen atoms in total. The molecular formula is C10H13N3O. The van der Waals surface area contributed by atoms with Crippen LogP contribution in [0.5, 0.6) is 0 Å². The van der Waals surface area contributed by atoms with Crippen molar-refractivity contribution in [3.8, 4) is 12.3 Å². The molecule has 1 rings (SSSR count). The van der Waals surface area contributed by atoms with E-state index in [2.05, 4.69) is 16.3 Å². The van der Waals surface area contributed by atoms with E-state index in [0.29, 0.717) is 19.4 Å². The van der Waals surface area contributed by atoms with E-state index >= 15 is 0 Å². The number of hydrogen-bond donors (Lipinski definition) is 1. The Hall–Kier alpha value is -1.76. The molecule has 0 aliphatic heterocycles. The molecular weight excluding hydrogens is 178 g/mol. The third-order valence-electron chi connectivity index (χ3n) is 1.79. The van der Waals surface area contributed by atoms with Crippen LogP contribution in [0.1, 0.15) is 12.0 Å². The lowest BCUT2D eigenvalue weighted by Gasteiger charge is -1.99. The Balaban J connectivity index is 2.27. The van der Waals surface area contributed by atoms with Crippen LogP contribution in [0.4, 0.5) is 0 Å². The smallest absolute Gasteiger partial charge is 0.221 e.